The molecule has 1 aliphatic rings. The molecule has 0 heterocycles. The molecule has 0 amide bonds. The minimum Gasteiger partial charge on any atom is -0.504 e. The Balaban J connectivity index is 2.64. The lowest BCUT2D eigenvalue weighted by Gasteiger charge is -2.27. The fraction of sp³-hybridized carbons (Fsp3) is 0.214. The van der Waals surface area contributed by atoms with Crippen LogP contribution in [0.4, 0.5) is 0 Å². The smallest absolute Gasteiger partial charge is 0.223 e. The molecule has 0 aromatic heterocycles. The van der Waals surface area contributed by atoms with Gasteiger partial charge in [-0.25, -0.2) is 0 Å². The Labute approximate surface area is 94.9 Å². The fourth-order valence-corrected chi connectivity index (χ4v) is 2.17. The van der Waals surface area contributed by atoms with Crippen LogP contribution in [-0.4, -0.2) is 10.9 Å². The highest BCUT2D eigenvalue weighted by Crippen LogP contribution is 2.45. The summed E-state index contributed by atoms with van der Waals surface area (Å²) < 4.78 is 0. The van der Waals surface area contributed by atoms with E-state index >= 15 is 0 Å². The lowest BCUT2D eigenvalue weighted by atomic mass is 9.74. The molecule has 1 aromatic rings. The second kappa shape index (κ2) is 3.34. The number of allylic oxidation sites excluding steroid dienone is 2. The quantitative estimate of drug-likeness (QED) is 0.730. The minimum atomic E-state index is -0.567. The van der Waals surface area contributed by atoms with Crippen LogP contribution >= 0.6 is 0 Å². The summed E-state index contributed by atoms with van der Waals surface area (Å²) in [6.07, 6.45) is 0. The minimum absolute atomic E-state index is 0.156. The zero-order valence-corrected chi connectivity index (χ0v) is 9.45. The van der Waals surface area contributed by atoms with Crippen LogP contribution in [-0.2, 0) is 10.2 Å². The van der Waals surface area contributed by atoms with E-state index in [1.54, 1.807) is 6.92 Å². The first-order chi connectivity index (χ1) is 7.49. The molecule has 0 spiro atoms. The van der Waals surface area contributed by atoms with Crippen LogP contribution in [0, 0.1) is 0 Å². The maximum Gasteiger partial charge on any atom is 0.223 e. The molecule has 0 aliphatic heterocycles. The Morgan fingerprint density at radius 3 is 2.25 bits per heavy atom. The third-order valence-corrected chi connectivity index (χ3v) is 3.55. The molecular weight excluding hydrogens is 200 g/mol. The number of hydrogen-bond acceptors (Lipinski definition) is 2. The Morgan fingerprint density at radius 2 is 1.81 bits per heavy atom. The van der Waals surface area contributed by atoms with Gasteiger partial charge in [-0.15, -0.1) is 0 Å². The summed E-state index contributed by atoms with van der Waals surface area (Å²) in [5, 5.41) is 9.70. The molecule has 1 aromatic carbocycles. The maximum absolute atomic E-state index is 11.7. The lowest BCUT2D eigenvalue weighted by Crippen LogP contribution is -2.23. The average molecular weight is 214 g/mol. The molecule has 2 heteroatoms. The van der Waals surface area contributed by atoms with Crippen molar-refractivity contribution in [2.45, 2.75) is 19.3 Å². The second-order valence-corrected chi connectivity index (χ2v) is 4.27. The molecule has 82 valence electrons. The van der Waals surface area contributed by atoms with Crippen LogP contribution in [0.5, 0.6) is 0 Å². The predicted molar refractivity (Wildman–Crippen MR) is 63.3 cm³/mol. The summed E-state index contributed by atoms with van der Waals surface area (Å²) in [6.45, 7) is 7.51. The average Bonchev–Trinajstić information content (AvgIpc) is 2.47. The van der Waals surface area contributed by atoms with Gasteiger partial charge >= 0.3 is 0 Å². The highest BCUT2D eigenvalue weighted by molar-refractivity contribution is 6.12. The summed E-state index contributed by atoms with van der Waals surface area (Å²) in [6, 6.07) is 9.65. The number of rotatable bonds is 1. The molecule has 2 nitrogen and oxygen atoms in total. The first kappa shape index (κ1) is 10.7. The van der Waals surface area contributed by atoms with E-state index in [0.717, 1.165) is 5.56 Å². The van der Waals surface area contributed by atoms with Gasteiger partial charge in [-0.2, -0.15) is 0 Å². The number of hydrogen-bond donors (Lipinski definition) is 1. The first-order valence-corrected chi connectivity index (χ1v) is 5.19. The van der Waals surface area contributed by atoms with Crippen LogP contribution in [0.3, 0.4) is 0 Å². The summed E-state index contributed by atoms with van der Waals surface area (Å²) in [4.78, 5) is 11.7. The SMILES string of the molecule is C=C1C(=O)C(O)=C(C)[C@]1(C)c1ccccc1. The molecule has 0 saturated heterocycles. The van der Waals surface area contributed by atoms with E-state index in [-0.39, 0.29) is 11.5 Å². The normalized spacial score (nSPS) is 25.4. The van der Waals surface area contributed by atoms with E-state index in [4.69, 9.17) is 0 Å². The predicted octanol–water partition coefficient (Wildman–Crippen LogP) is 2.92. The van der Waals surface area contributed by atoms with Gasteiger partial charge in [-0.05, 0) is 25.0 Å². The van der Waals surface area contributed by atoms with Crippen LogP contribution in [0.15, 0.2) is 53.8 Å². The monoisotopic (exact) mass is 214 g/mol. The van der Waals surface area contributed by atoms with E-state index in [1.165, 1.54) is 0 Å². The van der Waals surface area contributed by atoms with Crippen molar-refractivity contribution in [1.82, 2.24) is 0 Å². The maximum atomic E-state index is 11.7. The van der Waals surface area contributed by atoms with Crippen molar-refractivity contribution >= 4 is 5.78 Å². The Bertz CT molecular complexity index is 497. The van der Waals surface area contributed by atoms with E-state index < -0.39 is 5.41 Å². The Morgan fingerprint density at radius 1 is 1.25 bits per heavy atom. The molecule has 1 N–H and O–H groups in total. The van der Waals surface area contributed by atoms with Crippen LogP contribution in [0.2, 0.25) is 0 Å². The van der Waals surface area contributed by atoms with E-state index in [2.05, 4.69) is 6.58 Å². The molecule has 0 unspecified atom stereocenters. The molecule has 2 rings (SSSR count). The van der Waals surface area contributed by atoms with Crippen molar-refractivity contribution in [2.75, 3.05) is 0 Å². The number of carbonyl (C=O) groups is 1. The zero-order chi connectivity index (χ0) is 11.9. The number of aliphatic hydroxyl groups excluding tert-OH is 1. The van der Waals surface area contributed by atoms with Gasteiger partial charge in [0.1, 0.15) is 0 Å². The second-order valence-electron chi connectivity index (χ2n) is 4.27. The van der Waals surface area contributed by atoms with Gasteiger partial charge in [-0.1, -0.05) is 36.9 Å². The molecule has 1 aliphatic carbocycles. The molecule has 0 saturated carbocycles. The van der Waals surface area contributed by atoms with Gasteiger partial charge in [-0.3, -0.25) is 4.79 Å². The molecule has 16 heavy (non-hydrogen) atoms. The molecule has 1 atom stereocenters. The van der Waals surface area contributed by atoms with Gasteiger partial charge in [0, 0.05) is 11.0 Å². The number of aliphatic hydroxyl groups is 1. The highest BCUT2D eigenvalue weighted by Gasteiger charge is 2.44. The van der Waals surface area contributed by atoms with E-state index in [1.807, 2.05) is 37.3 Å². The standard InChI is InChI=1S/C14H14O2/c1-9-12(15)13(16)10(2)14(9,3)11-7-5-4-6-8-11/h4-8,16H,1H2,2-3H3/t14-/m1/s1. The lowest BCUT2D eigenvalue weighted by molar-refractivity contribution is -0.114. The number of carbonyl (C=O) groups excluding carboxylic acids is 1. The molecular formula is C14H14O2. The summed E-state index contributed by atoms with van der Waals surface area (Å²) in [5.41, 5.74) is 1.53. The highest BCUT2D eigenvalue weighted by atomic mass is 16.3. The molecule has 0 fully saturated rings. The van der Waals surface area contributed by atoms with E-state index in [9.17, 15) is 9.90 Å². The zero-order valence-electron chi connectivity index (χ0n) is 9.45. The van der Waals surface area contributed by atoms with Crippen LogP contribution < -0.4 is 0 Å². The molecule has 0 bridgehead atoms. The van der Waals surface area contributed by atoms with Gasteiger partial charge < -0.3 is 5.11 Å². The van der Waals surface area contributed by atoms with E-state index in [0.29, 0.717) is 11.1 Å². The van der Waals surface area contributed by atoms with Crippen molar-refractivity contribution < 1.29 is 9.90 Å². The van der Waals surface area contributed by atoms with Gasteiger partial charge in [0.2, 0.25) is 5.78 Å². The van der Waals surface area contributed by atoms with Crippen molar-refractivity contribution in [1.29, 1.82) is 0 Å². The van der Waals surface area contributed by atoms with Gasteiger partial charge in [0.05, 0.1) is 0 Å². The third-order valence-electron chi connectivity index (χ3n) is 3.55. The van der Waals surface area contributed by atoms with Crippen molar-refractivity contribution in [2.24, 2.45) is 0 Å². The summed E-state index contributed by atoms with van der Waals surface area (Å²) in [5.74, 6) is -0.500. The number of benzene rings is 1. The summed E-state index contributed by atoms with van der Waals surface area (Å²) in [7, 11) is 0. The van der Waals surface area contributed by atoms with Crippen molar-refractivity contribution in [3.05, 3.63) is 59.4 Å². The van der Waals surface area contributed by atoms with Crippen molar-refractivity contribution in [3.63, 3.8) is 0 Å². The fourth-order valence-electron chi connectivity index (χ4n) is 2.17. The molecule has 0 radical (unpaired) electrons. The Hall–Kier alpha value is -1.83. The topological polar surface area (TPSA) is 37.3 Å². The first-order valence-electron chi connectivity index (χ1n) is 5.19. The number of Topliss-reactive ketones (excluding diaryl/α,β-unsaturated/α-hetero) is 1. The largest absolute Gasteiger partial charge is 0.504 e. The van der Waals surface area contributed by atoms with Crippen LogP contribution in [0.25, 0.3) is 0 Å². The van der Waals surface area contributed by atoms with Crippen LogP contribution in [0.1, 0.15) is 19.4 Å². The Kier molecular flexibility index (Phi) is 2.23. The van der Waals surface area contributed by atoms with Crippen molar-refractivity contribution in [3.8, 4) is 0 Å². The number of ketones is 1. The third kappa shape index (κ3) is 1.16. The van der Waals surface area contributed by atoms with Gasteiger partial charge in [0.15, 0.2) is 5.76 Å². The van der Waals surface area contributed by atoms with Gasteiger partial charge in [0.25, 0.3) is 0 Å². The summed E-state index contributed by atoms with van der Waals surface area (Å²) >= 11 is 0.